The number of β-lactam (4-membered cyclic amide) rings is 1. The summed E-state index contributed by atoms with van der Waals surface area (Å²) in [5.74, 6) is -0.933. The summed E-state index contributed by atoms with van der Waals surface area (Å²) in [6.07, 6.45) is 0. The molecule has 3 rings (SSSR count). The summed E-state index contributed by atoms with van der Waals surface area (Å²) in [7, 11) is 0. The van der Waals surface area contributed by atoms with E-state index in [-0.39, 0.29) is 16.4 Å². The van der Waals surface area contributed by atoms with Gasteiger partial charge < -0.3 is 9.64 Å². The summed E-state index contributed by atoms with van der Waals surface area (Å²) in [4.78, 5) is 42.4. The van der Waals surface area contributed by atoms with Crippen LogP contribution in [0.3, 0.4) is 0 Å². The Kier molecular flexibility index (Phi) is 5.75. The lowest BCUT2D eigenvalue weighted by atomic mass is 9.95. The quantitative estimate of drug-likeness (QED) is 0.113. The van der Waals surface area contributed by atoms with E-state index in [2.05, 4.69) is 20.9 Å². The van der Waals surface area contributed by atoms with Crippen molar-refractivity contribution in [3.8, 4) is 0 Å². The average molecular weight is 519 g/mol. The van der Waals surface area contributed by atoms with Crippen molar-refractivity contribution in [1.82, 2.24) is 4.90 Å². The number of thioether (sulfide) groups is 1. The van der Waals surface area contributed by atoms with Gasteiger partial charge in [-0.2, -0.15) is 0 Å². The van der Waals surface area contributed by atoms with Crippen LogP contribution in [0.1, 0.15) is 40.2 Å². The number of benzene rings is 1. The van der Waals surface area contributed by atoms with E-state index in [1.807, 2.05) is 13.8 Å². The second kappa shape index (κ2) is 7.49. The van der Waals surface area contributed by atoms with Gasteiger partial charge in [0.2, 0.25) is 4.45 Å². The maximum Gasteiger partial charge on any atom is 0.330 e. The van der Waals surface area contributed by atoms with Crippen molar-refractivity contribution < 1.29 is 19.2 Å². The number of hydrogen-bond acceptors (Lipinski definition) is 7. The molecule has 2 saturated heterocycles. The van der Waals surface area contributed by atoms with Crippen molar-refractivity contribution in [2.45, 2.75) is 60.8 Å². The minimum Gasteiger partial charge on any atom is -0.458 e. The van der Waals surface area contributed by atoms with Gasteiger partial charge in [-0.3, -0.25) is 14.9 Å². The molecule has 2 aliphatic heterocycles. The first-order valence-electron chi connectivity index (χ1n) is 9.10. The Morgan fingerprint density at radius 3 is 2.53 bits per heavy atom. The minimum absolute atomic E-state index is 0.111. The molecule has 0 aliphatic carbocycles. The molecule has 0 aromatic heterocycles. The molecule has 8 nitrogen and oxygen atoms in total. The molecule has 162 valence electrons. The van der Waals surface area contributed by atoms with E-state index in [0.29, 0.717) is 0 Å². The Morgan fingerprint density at radius 1 is 1.37 bits per heavy atom. The van der Waals surface area contributed by atoms with Crippen LogP contribution in [0.2, 0.25) is 0 Å². The largest absolute Gasteiger partial charge is 0.458 e. The summed E-state index contributed by atoms with van der Waals surface area (Å²) in [6.45, 7) is 9.01. The zero-order valence-electron chi connectivity index (χ0n) is 17.0. The summed E-state index contributed by atoms with van der Waals surface area (Å²) >= 11 is 11.1. The van der Waals surface area contributed by atoms with Crippen molar-refractivity contribution in [1.29, 1.82) is 0 Å². The van der Waals surface area contributed by atoms with Crippen LogP contribution in [0, 0.1) is 10.1 Å². The molecule has 11 heteroatoms. The summed E-state index contributed by atoms with van der Waals surface area (Å²) < 4.78 is 3.47. The second-order valence-corrected chi connectivity index (χ2v) is 11.9. The Morgan fingerprint density at radius 2 is 1.97 bits per heavy atom. The van der Waals surface area contributed by atoms with Crippen molar-refractivity contribution in [3.05, 3.63) is 39.9 Å². The smallest absolute Gasteiger partial charge is 0.330 e. The average Bonchev–Trinajstić information content (AvgIpc) is 2.89. The van der Waals surface area contributed by atoms with Gasteiger partial charge >= 0.3 is 5.97 Å². The molecule has 3 atom stereocenters. The van der Waals surface area contributed by atoms with Crippen LogP contribution in [-0.4, -0.2) is 53.1 Å². The number of nitro groups is 1. The van der Waals surface area contributed by atoms with E-state index >= 15 is 0 Å². The van der Waals surface area contributed by atoms with Crippen LogP contribution in [-0.2, 0) is 14.3 Å². The molecular weight excluding hydrogens is 498 g/mol. The van der Waals surface area contributed by atoms with Crippen LogP contribution >= 0.6 is 39.3 Å². The first-order chi connectivity index (χ1) is 13.7. The molecule has 0 bridgehead atoms. The Hall–Kier alpha value is -1.65. The highest BCUT2D eigenvalue weighted by Gasteiger charge is 2.71. The van der Waals surface area contributed by atoms with Gasteiger partial charge in [0.15, 0.2) is 0 Å². The summed E-state index contributed by atoms with van der Waals surface area (Å²) in [5, 5.41) is 10.6. The second-order valence-electron chi connectivity index (χ2n) is 8.57. The van der Waals surface area contributed by atoms with Gasteiger partial charge in [0, 0.05) is 10.8 Å². The van der Waals surface area contributed by atoms with Gasteiger partial charge in [0.1, 0.15) is 22.2 Å². The number of halogens is 2. The van der Waals surface area contributed by atoms with Crippen molar-refractivity contribution in [2.75, 3.05) is 0 Å². The molecule has 0 radical (unpaired) electrons. The molecule has 0 saturated carbocycles. The molecule has 0 spiro atoms. The molecule has 30 heavy (non-hydrogen) atoms. The number of alkyl halides is 1. The van der Waals surface area contributed by atoms with Crippen molar-refractivity contribution >= 4 is 62.0 Å². The normalized spacial score (nSPS) is 28.0. The molecule has 1 unspecified atom stereocenters. The van der Waals surface area contributed by atoms with Crippen molar-refractivity contribution in [2.24, 2.45) is 4.99 Å². The number of nitrogens with zero attached hydrogens (tertiary/aromatic N) is 3. The number of hydrogen-bond donors (Lipinski definition) is 0. The lowest BCUT2D eigenvalue weighted by Crippen LogP contribution is -2.70. The van der Waals surface area contributed by atoms with E-state index in [4.69, 9.17) is 16.3 Å². The fourth-order valence-corrected chi connectivity index (χ4v) is 6.29. The third-order valence-corrected chi connectivity index (χ3v) is 7.84. The number of carbonyl (C=O) groups is 2. The molecule has 2 heterocycles. The number of fused-ring (bicyclic) bond motifs is 1. The van der Waals surface area contributed by atoms with Crippen LogP contribution in [0.5, 0.6) is 0 Å². The third-order valence-electron chi connectivity index (χ3n) is 4.68. The molecule has 2 aliphatic rings. The Bertz CT molecular complexity index is 964. The topological polar surface area (TPSA) is 102 Å². The number of rotatable bonds is 4. The zero-order chi connectivity index (χ0) is 22.6. The molecule has 2 fully saturated rings. The number of para-hydroxylation sites is 1. The summed E-state index contributed by atoms with van der Waals surface area (Å²) in [6, 6.07) is 5.12. The number of carbonyl (C=O) groups excluding carboxylic acids is 2. The number of esters is 1. The predicted molar refractivity (Wildman–Crippen MR) is 119 cm³/mol. The van der Waals surface area contributed by atoms with Crippen molar-refractivity contribution in [3.63, 3.8) is 0 Å². The summed E-state index contributed by atoms with van der Waals surface area (Å²) in [5.41, 5.74) is -0.791. The fraction of sp³-hybridized carbons (Fsp3) is 0.526. The predicted octanol–water partition coefficient (Wildman–Crippen LogP) is 4.08. The van der Waals surface area contributed by atoms with Gasteiger partial charge in [0.25, 0.3) is 11.6 Å². The van der Waals surface area contributed by atoms with E-state index in [1.165, 1.54) is 34.9 Å². The van der Waals surface area contributed by atoms with Crippen LogP contribution in [0.25, 0.3) is 0 Å². The van der Waals surface area contributed by atoms with Gasteiger partial charge in [-0.05, 0) is 56.6 Å². The highest BCUT2D eigenvalue weighted by atomic mass is 79.9. The maximum absolute atomic E-state index is 13.1. The zero-order valence-corrected chi connectivity index (χ0v) is 20.2. The highest BCUT2D eigenvalue weighted by molar-refractivity contribution is 9.10. The van der Waals surface area contributed by atoms with Gasteiger partial charge in [-0.1, -0.05) is 23.7 Å². The lowest BCUT2D eigenvalue weighted by molar-refractivity contribution is -0.385. The molecule has 0 N–H and O–H groups in total. The lowest BCUT2D eigenvalue weighted by Gasteiger charge is -2.47. The number of aliphatic imine (C=N–C) groups is 1. The van der Waals surface area contributed by atoms with Gasteiger partial charge in [-0.25, -0.2) is 9.79 Å². The third kappa shape index (κ3) is 3.85. The van der Waals surface area contributed by atoms with E-state index < -0.39 is 43.0 Å². The molecule has 1 aromatic rings. The SMILES string of the molecule is CC(C)(C)OC(=O)[C@@H]1N2C(=O)C(Br)(N=C(Cl)c3ccccc3[N+](=O)[O-])[C@H]2SC1(C)C. The minimum atomic E-state index is -1.42. The molecular formula is C19H21BrClN3O5S. The van der Waals surface area contributed by atoms with E-state index in [1.54, 1.807) is 26.8 Å². The van der Waals surface area contributed by atoms with Gasteiger partial charge in [-0.15, -0.1) is 11.8 Å². The highest BCUT2D eigenvalue weighted by Crippen LogP contribution is 2.59. The Balaban J connectivity index is 1.94. The number of nitro benzene ring substituents is 1. The first kappa shape index (κ1) is 23.0. The standard InChI is InChI=1S/C19H21BrClN3O5S/c1-17(2,3)29-14(25)12-18(4,5)30-16-19(20,15(26)23(12)16)22-13(21)10-8-6-7-9-11(10)24(27)28/h6-9,12,16H,1-5H3/t12-,16+,19?/m0/s1. The number of ether oxygens (including phenoxy) is 1. The first-order valence-corrected chi connectivity index (χ1v) is 11.2. The van der Waals surface area contributed by atoms with Gasteiger partial charge in [0.05, 0.1) is 10.5 Å². The fourth-order valence-electron chi connectivity index (χ4n) is 3.45. The van der Waals surface area contributed by atoms with Crippen LogP contribution in [0.4, 0.5) is 5.69 Å². The Labute approximate surface area is 191 Å². The maximum atomic E-state index is 13.1. The monoisotopic (exact) mass is 517 g/mol. The molecule has 1 aromatic carbocycles. The van der Waals surface area contributed by atoms with Crippen LogP contribution in [0.15, 0.2) is 29.3 Å². The molecule has 1 amide bonds. The van der Waals surface area contributed by atoms with E-state index in [0.717, 1.165) is 0 Å². The van der Waals surface area contributed by atoms with Crippen LogP contribution < -0.4 is 0 Å². The van der Waals surface area contributed by atoms with E-state index in [9.17, 15) is 19.7 Å². The number of amides is 1.